The molecule has 0 amide bonds. The first kappa shape index (κ1) is 54.8. The Morgan fingerprint density at radius 3 is 1.06 bits per heavy atom. The summed E-state index contributed by atoms with van der Waals surface area (Å²) in [6, 6.07) is 38.4. The van der Waals surface area contributed by atoms with E-state index in [4.69, 9.17) is 12.8 Å². The third-order valence-electron chi connectivity index (χ3n) is 7.03. The third kappa shape index (κ3) is 29.8. The first-order valence-electron chi connectivity index (χ1n) is 16.1. The second-order valence-corrected chi connectivity index (χ2v) is 12.4. The summed E-state index contributed by atoms with van der Waals surface area (Å²) in [6.07, 6.45) is 13.5. The van der Waals surface area contributed by atoms with Gasteiger partial charge in [0, 0.05) is 0 Å². The standard InChI is InChI=1S/2C12H19N2.2C9H7.2Cu.2Li/c2*1-13(2)9-10-14(3)11-12-7-5-4-6-8-12;2*1-3-9-6-4-8(2)5-7-9;;;;/h2*4-7H,9-11H2,1-3H3;2*4-7H,2H3;;;;/q4*-1;4*+1/p+4. The van der Waals surface area contributed by atoms with Gasteiger partial charge in [-0.25, -0.2) is 0 Å². The molecule has 0 aromatic heterocycles. The van der Waals surface area contributed by atoms with Crippen LogP contribution in [0, 0.1) is 50.7 Å². The van der Waals surface area contributed by atoms with Crippen LogP contribution in [0.3, 0.4) is 0 Å². The summed E-state index contributed by atoms with van der Waals surface area (Å²) in [6.45, 7) is 11.1. The van der Waals surface area contributed by atoms with Crippen LogP contribution < -0.4 is 57.3 Å². The molecule has 4 rings (SSSR count). The van der Waals surface area contributed by atoms with Crippen molar-refractivity contribution in [2.45, 2.75) is 26.9 Å². The smallest absolute Gasteiger partial charge is 0.366 e. The zero-order chi connectivity index (χ0) is 34.2. The molecule has 4 N–H and O–H groups in total. The number of quaternary nitrogens is 4. The maximum Gasteiger partial charge on any atom is 1.00 e. The van der Waals surface area contributed by atoms with Crippen LogP contribution in [-0.2, 0) is 47.2 Å². The van der Waals surface area contributed by atoms with Crippen molar-refractivity contribution in [2.75, 3.05) is 68.5 Å². The Balaban J connectivity index is -0.000000280. The molecule has 0 aliphatic rings. The number of hydrogen-bond acceptors (Lipinski definition) is 0. The Labute approximate surface area is 351 Å². The second kappa shape index (κ2) is 34.2. The molecule has 0 heterocycles. The normalized spacial score (nSPS) is 10.4. The number of hydrogen-bond donors (Lipinski definition) is 4. The molecule has 0 aliphatic carbocycles. The molecule has 0 radical (unpaired) electrons. The van der Waals surface area contributed by atoms with E-state index in [0.717, 1.165) is 24.2 Å². The molecule has 0 saturated carbocycles. The van der Waals surface area contributed by atoms with Crippen LogP contribution in [0.2, 0.25) is 0 Å². The molecule has 4 nitrogen and oxygen atoms in total. The predicted molar refractivity (Wildman–Crippen MR) is 192 cm³/mol. The summed E-state index contributed by atoms with van der Waals surface area (Å²) >= 11 is 0. The molecule has 8 heteroatoms. The van der Waals surface area contributed by atoms with Gasteiger partial charge in [-0.2, -0.15) is 60.7 Å². The molecule has 0 aliphatic heterocycles. The van der Waals surface area contributed by atoms with Crippen LogP contribution in [0.15, 0.2) is 97.1 Å². The minimum Gasteiger partial charge on any atom is -0.366 e. The van der Waals surface area contributed by atoms with E-state index in [1.165, 1.54) is 58.2 Å². The number of rotatable bonds is 10. The largest absolute Gasteiger partial charge is 1.00 e. The van der Waals surface area contributed by atoms with Crippen molar-refractivity contribution in [3.63, 3.8) is 0 Å². The minimum absolute atomic E-state index is 0. The van der Waals surface area contributed by atoms with Crippen molar-refractivity contribution >= 4 is 0 Å². The second-order valence-electron chi connectivity index (χ2n) is 12.4. The van der Waals surface area contributed by atoms with Gasteiger partial charge in [0.2, 0.25) is 0 Å². The van der Waals surface area contributed by atoms with E-state index in [-0.39, 0.29) is 71.9 Å². The van der Waals surface area contributed by atoms with Crippen molar-refractivity contribution in [2.24, 2.45) is 0 Å². The van der Waals surface area contributed by atoms with Crippen LogP contribution >= 0.6 is 0 Å². The van der Waals surface area contributed by atoms with E-state index in [9.17, 15) is 0 Å². The molecular weight excluding hydrogens is 701 g/mol. The molecule has 0 bridgehead atoms. The molecule has 4 aromatic carbocycles. The van der Waals surface area contributed by atoms with Gasteiger partial charge in [0.25, 0.3) is 0 Å². The van der Waals surface area contributed by atoms with E-state index in [2.05, 4.69) is 90.5 Å². The van der Waals surface area contributed by atoms with Crippen molar-refractivity contribution in [1.82, 2.24) is 0 Å². The number of likely N-dealkylation sites (N-methyl/N-ethyl adjacent to an activating group) is 4. The fraction of sp³-hybridized carbons (Fsp3) is 0.333. The Kier molecular flexibility index (Phi) is 37.5. The van der Waals surface area contributed by atoms with Gasteiger partial charge in [0.05, 0.1) is 55.4 Å². The summed E-state index contributed by atoms with van der Waals surface area (Å²) in [5, 5.41) is 0. The van der Waals surface area contributed by atoms with E-state index in [1.807, 2.05) is 86.6 Å². The summed E-state index contributed by atoms with van der Waals surface area (Å²) in [5.41, 5.74) is 6.71. The SMILES string of the molecule is C[NH+](C)CC[NH+](C)Cc1[c-]cccc1.C[NH+](C)CC[NH+](C)Cc1[c-]cccc1.[C-]#Cc1ccc(C)cc1.[C-]#Cc1ccc(C)cc1.[Cu+].[Cu+].[Li+].[Li+]. The van der Waals surface area contributed by atoms with E-state index in [1.54, 1.807) is 9.80 Å². The predicted octanol–water partition coefficient (Wildman–Crippen LogP) is -4.84. The van der Waals surface area contributed by atoms with Crippen LogP contribution in [0.1, 0.15) is 33.4 Å². The average Bonchev–Trinajstić information content (AvgIpc) is 3.05. The van der Waals surface area contributed by atoms with Crippen LogP contribution in [0.4, 0.5) is 0 Å². The fourth-order valence-corrected chi connectivity index (χ4v) is 4.11. The fourth-order valence-electron chi connectivity index (χ4n) is 4.11. The van der Waals surface area contributed by atoms with Crippen molar-refractivity contribution in [1.29, 1.82) is 0 Å². The Hall–Kier alpha value is -1.93. The number of nitrogens with one attached hydrogen (secondary N) is 4. The topological polar surface area (TPSA) is 17.8 Å². The first-order valence-corrected chi connectivity index (χ1v) is 16.1. The van der Waals surface area contributed by atoms with E-state index in [0.29, 0.717) is 0 Å². The number of benzene rings is 4. The molecule has 4 aromatic rings. The zero-order valence-corrected chi connectivity index (χ0v) is 34.0. The van der Waals surface area contributed by atoms with Gasteiger partial charge >= 0.3 is 71.9 Å². The molecule has 2 atom stereocenters. The molecule has 0 fully saturated rings. The number of aryl methyl sites for hydroxylation is 2. The molecule has 0 saturated heterocycles. The molecule has 50 heavy (non-hydrogen) atoms. The van der Waals surface area contributed by atoms with Gasteiger partial charge in [-0.05, 0) is 13.8 Å². The van der Waals surface area contributed by atoms with Crippen molar-refractivity contribution < 1.29 is 91.5 Å². The van der Waals surface area contributed by atoms with Crippen molar-refractivity contribution in [3.05, 3.63) is 155 Å². The maximum absolute atomic E-state index is 6.76. The minimum atomic E-state index is 0. The monoisotopic (exact) mass is 756 g/mol. The molecule has 264 valence electrons. The van der Waals surface area contributed by atoms with Crippen LogP contribution in [-0.4, -0.2) is 68.5 Å². The average molecular weight is 758 g/mol. The summed E-state index contributed by atoms with van der Waals surface area (Å²) in [4.78, 5) is 6.13. The van der Waals surface area contributed by atoms with Gasteiger partial charge in [-0.3, -0.25) is 11.8 Å². The van der Waals surface area contributed by atoms with Gasteiger partial charge in [0.1, 0.15) is 26.2 Å². The van der Waals surface area contributed by atoms with E-state index >= 15 is 0 Å². The van der Waals surface area contributed by atoms with Gasteiger partial charge in [-0.15, -0.1) is 46.5 Å². The Morgan fingerprint density at radius 1 is 0.500 bits per heavy atom. The van der Waals surface area contributed by atoms with Gasteiger partial charge < -0.3 is 32.4 Å². The van der Waals surface area contributed by atoms with E-state index < -0.39 is 0 Å². The Morgan fingerprint density at radius 2 is 0.820 bits per heavy atom. The molecule has 2 unspecified atom stereocenters. The van der Waals surface area contributed by atoms with Crippen molar-refractivity contribution in [3.8, 4) is 11.8 Å². The zero-order valence-electron chi connectivity index (χ0n) is 32.1. The Bertz CT molecular complexity index is 1290. The summed E-state index contributed by atoms with van der Waals surface area (Å²) < 4.78 is 0. The maximum atomic E-state index is 6.76. The first-order chi connectivity index (χ1) is 22.0. The summed E-state index contributed by atoms with van der Waals surface area (Å²) in [5.74, 6) is 4.61. The van der Waals surface area contributed by atoms with Crippen LogP contribution in [0.25, 0.3) is 0 Å². The third-order valence-corrected chi connectivity index (χ3v) is 7.03. The molecular formula is C42H56Cu2Li2N4+4. The quantitative estimate of drug-likeness (QED) is 0.0708. The van der Waals surface area contributed by atoms with Gasteiger partial charge in [-0.1, -0.05) is 35.4 Å². The van der Waals surface area contributed by atoms with Gasteiger partial charge in [0.15, 0.2) is 0 Å². The molecule has 0 spiro atoms. The van der Waals surface area contributed by atoms with Crippen LogP contribution in [0.5, 0.6) is 0 Å². The summed E-state index contributed by atoms with van der Waals surface area (Å²) in [7, 11) is 13.3.